The third-order valence-electron chi connectivity index (χ3n) is 3.66. The molecule has 0 saturated carbocycles. The fourth-order valence-electron chi connectivity index (χ4n) is 2.67. The van der Waals surface area contributed by atoms with Crippen molar-refractivity contribution in [2.24, 2.45) is 5.73 Å². The third-order valence-corrected chi connectivity index (χ3v) is 3.66. The zero-order valence-electron chi connectivity index (χ0n) is 11.7. The van der Waals surface area contributed by atoms with Gasteiger partial charge in [0.2, 0.25) is 0 Å². The van der Waals surface area contributed by atoms with Crippen molar-refractivity contribution < 1.29 is 4.74 Å². The molecule has 2 rings (SSSR count). The van der Waals surface area contributed by atoms with Gasteiger partial charge in [-0.15, -0.1) is 0 Å². The molecule has 1 aliphatic carbocycles. The Morgan fingerprint density at radius 1 is 1.37 bits per heavy atom. The van der Waals surface area contributed by atoms with Crippen LogP contribution in [-0.2, 0) is 17.6 Å². The molecule has 19 heavy (non-hydrogen) atoms. The SMILES string of the molecule is C=C(C)COCCNC1(CN)Cc2ccccc2C1. The molecule has 1 aliphatic rings. The van der Waals surface area contributed by atoms with Gasteiger partial charge in [0.25, 0.3) is 0 Å². The Bertz CT molecular complexity index is 417. The Labute approximate surface area is 115 Å². The highest BCUT2D eigenvalue weighted by atomic mass is 16.5. The summed E-state index contributed by atoms with van der Waals surface area (Å²) in [6.07, 6.45) is 2.03. The van der Waals surface area contributed by atoms with Crippen LogP contribution in [0.4, 0.5) is 0 Å². The summed E-state index contributed by atoms with van der Waals surface area (Å²) in [5.74, 6) is 0. The van der Waals surface area contributed by atoms with Crippen LogP contribution >= 0.6 is 0 Å². The van der Waals surface area contributed by atoms with E-state index in [1.807, 2.05) is 6.92 Å². The van der Waals surface area contributed by atoms with E-state index in [0.717, 1.165) is 25.0 Å². The molecular formula is C16H24N2O. The molecule has 0 spiro atoms. The number of benzene rings is 1. The van der Waals surface area contributed by atoms with Crippen molar-refractivity contribution in [1.29, 1.82) is 0 Å². The Morgan fingerprint density at radius 2 is 2.00 bits per heavy atom. The molecule has 0 amide bonds. The first-order valence-corrected chi connectivity index (χ1v) is 6.89. The average Bonchev–Trinajstić information content (AvgIpc) is 2.77. The number of rotatable bonds is 7. The lowest BCUT2D eigenvalue weighted by molar-refractivity contribution is 0.148. The number of hydrogen-bond donors (Lipinski definition) is 2. The van der Waals surface area contributed by atoms with E-state index in [-0.39, 0.29) is 5.54 Å². The fourth-order valence-corrected chi connectivity index (χ4v) is 2.67. The van der Waals surface area contributed by atoms with E-state index in [1.54, 1.807) is 0 Å². The van der Waals surface area contributed by atoms with Crippen molar-refractivity contribution in [2.45, 2.75) is 25.3 Å². The molecule has 0 aliphatic heterocycles. The highest BCUT2D eigenvalue weighted by molar-refractivity contribution is 5.36. The lowest BCUT2D eigenvalue weighted by atomic mass is 9.96. The van der Waals surface area contributed by atoms with Crippen LogP contribution in [0.3, 0.4) is 0 Å². The smallest absolute Gasteiger partial charge is 0.0672 e. The van der Waals surface area contributed by atoms with E-state index in [4.69, 9.17) is 10.5 Å². The minimum atomic E-state index is 0.0102. The standard InChI is InChI=1S/C16H24N2O/c1-13(2)11-19-8-7-18-16(12-17)9-14-5-3-4-6-15(14)10-16/h3-6,18H,1,7-12,17H2,2H3. The van der Waals surface area contributed by atoms with Crippen molar-refractivity contribution in [3.63, 3.8) is 0 Å². The highest BCUT2D eigenvalue weighted by Crippen LogP contribution is 2.29. The number of nitrogens with two attached hydrogens (primary N) is 1. The summed E-state index contributed by atoms with van der Waals surface area (Å²) in [6.45, 7) is 8.62. The molecule has 0 fully saturated rings. The van der Waals surface area contributed by atoms with Gasteiger partial charge in [0, 0.05) is 18.6 Å². The van der Waals surface area contributed by atoms with Crippen LogP contribution in [0.15, 0.2) is 36.4 Å². The van der Waals surface area contributed by atoms with Crippen LogP contribution in [0.25, 0.3) is 0 Å². The molecule has 1 aromatic carbocycles. The van der Waals surface area contributed by atoms with E-state index >= 15 is 0 Å². The zero-order valence-corrected chi connectivity index (χ0v) is 11.7. The zero-order chi connectivity index (χ0) is 13.7. The Hall–Kier alpha value is -1.16. The maximum Gasteiger partial charge on any atom is 0.0672 e. The summed E-state index contributed by atoms with van der Waals surface area (Å²) in [6, 6.07) is 8.60. The van der Waals surface area contributed by atoms with Crippen LogP contribution in [-0.4, -0.2) is 31.8 Å². The van der Waals surface area contributed by atoms with Gasteiger partial charge in [0.15, 0.2) is 0 Å². The van der Waals surface area contributed by atoms with Gasteiger partial charge in [-0.1, -0.05) is 36.4 Å². The lowest BCUT2D eigenvalue weighted by Crippen LogP contribution is -2.53. The van der Waals surface area contributed by atoms with Crippen LogP contribution in [0.5, 0.6) is 0 Å². The fraction of sp³-hybridized carbons (Fsp3) is 0.500. The maximum absolute atomic E-state index is 5.99. The van der Waals surface area contributed by atoms with Crippen LogP contribution in [0.2, 0.25) is 0 Å². The van der Waals surface area contributed by atoms with E-state index in [0.29, 0.717) is 19.8 Å². The third kappa shape index (κ3) is 3.66. The predicted molar refractivity (Wildman–Crippen MR) is 79.3 cm³/mol. The molecule has 0 saturated heterocycles. The van der Waals surface area contributed by atoms with Crippen LogP contribution in [0.1, 0.15) is 18.1 Å². The van der Waals surface area contributed by atoms with Crippen molar-refractivity contribution in [3.8, 4) is 0 Å². The van der Waals surface area contributed by atoms with Crippen molar-refractivity contribution in [1.82, 2.24) is 5.32 Å². The van der Waals surface area contributed by atoms with E-state index in [1.165, 1.54) is 11.1 Å². The van der Waals surface area contributed by atoms with E-state index in [9.17, 15) is 0 Å². The summed E-state index contributed by atoms with van der Waals surface area (Å²) in [7, 11) is 0. The summed E-state index contributed by atoms with van der Waals surface area (Å²) in [5.41, 5.74) is 9.90. The molecule has 3 N–H and O–H groups in total. The second-order valence-electron chi connectivity index (χ2n) is 5.54. The van der Waals surface area contributed by atoms with Crippen LogP contribution < -0.4 is 11.1 Å². The quantitative estimate of drug-likeness (QED) is 0.579. The first kappa shape index (κ1) is 14.3. The molecule has 0 atom stereocenters. The average molecular weight is 260 g/mol. The second-order valence-corrected chi connectivity index (χ2v) is 5.54. The number of fused-ring (bicyclic) bond motifs is 1. The summed E-state index contributed by atoms with van der Waals surface area (Å²) >= 11 is 0. The molecular weight excluding hydrogens is 236 g/mol. The van der Waals surface area contributed by atoms with Crippen molar-refractivity contribution in [2.75, 3.05) is 26.3 Å². The minimum Gasteiger partial charge on any atom is -0.376 e. The normalized spacial score (nSPS) is 16.3. The highest BCUT2D eigenvalue weighted by Gasteiger charge is 2.35. The first-order valence-electron chi connectivity index (χ1n) is 6.89. The topological polar surface area (TPSA) is 47.3 Å². The Balaban J connectivity index is 1.83. The molecule has 0 heterocycles. The molecule has 3 heteroatoms. The van der Waals surface area contributed by atoms with Gasteiger partial charge in [0.1, 0.15) is 0 Å². The summed E-state index contributed by atoms with van der Waals surface area (Å²) < 4.78 is 5.52. The van der Waals surface area contributed by atoms with Gasteiger partial charge in [-0.2, -0.15) is 0 Å². The van der Waals surface area contributed by atoms with Gasteiger partial charge in [-0.25, -0.2) is 0 Å². The Morgan fingerprint density at radius 3 is 2.53 bits per heavy atom. The summed E-state index contributed by atoms with van der Waals surface area (Å²) in [4.78, 5) is 0. The van der Waals surface area contributed by atoms with Gasteiger partial charge in [-0.3, -0.25) is 0 Å². The number of ether oxygens (including phenoxy) is 1. The lowest BCUT2D eigenvalue weighted by Gasteiger charge is -2.29. The summed E-state index contributed by atoms with van der Waals surface area (Å²) in [5, 5.41) is 3.59. The second kappa shape index (κ2) is 6.33. The van der Waals surface area contributed by atoms with Gasteiger partial charge in [0.05, 0.1) is 13.2 Å². The van der Waals surface area contributed by atoms with E-state index in [2.05, 4.69) is 36.2 Å². The monoisotopic (exact) mass is 260 g/mol. The van der Waals surface area contributed by atoms with Crippen molar-refractivity contribution in [3.05, 3.63) is 47.5 Å². The van der Waals surface area contributed by atoms with Gasteiger partial charge >= 0.3 is 0 Å². The maximum atomic E-state index is 5.99. The largest absolute Gasteiger partial charge is 0.376 e. The van der Waals surface area contributed by atoms with Gasteiger partial charge < -0.3 is 15.8 Å². The molecule has 0 aromatic heterocycles. The molecule has 0 unspecified atom stereocenters. The molecule has 0 radical (unpaired) electrons. The molecule has 104 valence electrons. The molecule has 1 aromatic rings. The van der Waals surface area contributed by atoms with E-state index < -0.39 is 0 Å². The Kier molecular flexibility index (Phi) is 4.75. The number of hydrogen-bond acceptors (Lipinski definition) is 3. The van der Waals surface area contributed by atoms with Crippen molar-refractivity contribution >= 4 is 0 Å². The van der Waals surface area contributed by atoms with Crippen LogP contribution in [0, 0.1) is 0 Å². The predicted octanol–water partition coefficient (Wildman–Crippen LogP) is 1.67. The number of nitrogens with one attached hydrogen (secondary N) is 1. The molecule has 3 nitrogen and oxygen atoms in total. The van der Waals surface area contributed by atoms with Gasteiger partial charge in [-0.05, 0) is 30.9 Å². The molecule has 0 bridgehead atoms. The first-order chi connectivity index (χ1) is 9.15. The minimum absolute atomic E-state index is 0.0102.